The number of rotatable bonds is 5. The summed E-state index contributed by atoms with van der Waals surface area (Å²) in [6.45, 7) is 7.22. The minimum Gasteiger partial charge on any atom is -0.444 e. The van der Waals surface area contributed by atoms with E-state index in [0.29, 0.717) is 18.5 Å². The van der Waals surface area contributed by atoms with Gasteiger partial charge in [0.25, 0.3) is 0 Å². The molecule has 0 saturated heterocycles. The number of carbonyl (C=O) groups excluding carboxylic acids is 1. The predicted molar refractivity (Wildman–Crippen MR) is 98.8 cm³/mol. The second-order valence-electron chi connectivity index (χ2n) is 7.17. The van der Waals surface area contributed by atoms with Crippen LogP contribution in [-0.2, 0) is 11.3 Å². The molecule has 0 spiro atoms. The summed E-state index contributed by atoms with van der Waals surface area (Å²) >= 11 is 5.22. The van der Waals surface area contributed by atoms with Crippen molar-refractivity contribution in [3.63, 3.8) is 0 Å². The zero-order chi connectivity index (χ0) is 16.9. The number of hydrogen-bond donors (Lipinski definition) is 2. The van der Waals surface area contributed by atoms with Crippen LogP contribution in [0.15, 0.2) is 15.2 Å². The van der Waals surface area contributed by atoms with Crippen molar-refractivity contribution < 1.29 is 9.53 Å². The molecule has 2 rings (SSSR count). The molecule has 0 bridgehead atoms. The Kier molecular flexibility index (Phi) is 6.92. The van der Waals surface area contributed by atoms with Crippen molar-refractivity contribution in [1.29, 1.82) is 0 Å². The molecule has 0 aromatic carbocycles. The van der Waals surface area contributed by atoms with Crippen LogP contribution in [0.5, 0.6) is 0 Å². The van der Waals surface area contributed by atoms with Gasteiger partial charge in [0.1, 0.15) is 5.60 Å². The Morgan fingerprint density at radius 1 is 1.39 bits per heavy atom. The Morgan fingerprint density at radius 3 is 2.78 bits per heavy atom. The number of hydrogen-bond acceptors (Lipinski definition) is 4. The number of ether oxygens (including phenoxy) is 1. The molecule has 1 heterocycles. The average Bonchev–Trinajstić information content (AvgIpc) is 2.87. The van der Waals surface area contributed by atoms with Crippen LogP contribution < -0.4 is 10.6 Å². The molecule has 23 heavy (non-hydrogen) atoms. The number of amides is 1. The van der Waals surface area contributed by atoms with Gasteiger partial charge in [-0.3, -0.25) is 0 Å². The van der Waals surface area contributed by atoms with Gasteiger partial charge in [0.2, 0.25) is 0 Å². The number of nitrogens with one attached hydrogen (secondary N) is 2. The summed E-state index contributed by atoms with van der Waals surface area (Å²) in [5.74, 6) is 0.471. The second-order valence-corrected chi connectivity index (χ2v) is 9.46. The lowest BCUT2D eigenvalue weighted by molar-refractivity contribution is 0.0510. The van der Waals surface area contributed by atoms with Crippen molar-refractivity contribution >= 4 is 33.4 Å². The topological polar surface area (TPSA) is 50.4 Å². The molecule has 1 aromatic heterocycles. The minimum absolute atomic E-state index is 0.316. The number of carbonyl (C=O) groups is 1. The predicted octanol–water partition coefficient (Wildman–Crippen LogP) is 4.68. The van der Waals surface area contributed by atoms with E-state index in [-0.39, 0.29) is 6.09 Å². The third kappa shape index (κ3) is 6.81. The van der Waals surface area contributed by atoms with Crippen LogP contribution >= 0.6 is 27.3 Å². The van der Waals surface area contributed by atoms with E-state index in [2.05, 4.69) is 38.0 Å². The first-order valence-electron chi connectivity index (χ1n) is 8.26. The van der Waals surface area contributed by atoms with Crippen molar-refractivity contribution in [2.45, 2.75) is 64.6 Å². The van der Waals surface area contributed by atoms with E-state index in [1.165, 1.54) is 28.6 Å². The van der Waals surface area contributed by atoms with Crippen molar-refractivity contribution in [2.24, 2.45) is 5.92 Å². The van der Waals surface area contributed by atoms with Crippen molar-refractivity contribution in [3.05, 3.63) is 20.8 Å². The average molecular weight is 403 g/mol. The van der Waals surface area contributed by atoms with Crippen LogP contribution in [0.25, 0.3) is 0 Å². The molecule has 1 saturated carbocycles. The summed E-state index contributed by atoms with van der Waals surface area (Å²) < 4.78 is 6.49. The Bertz CT molecular complexity index is 513. The molecule has 0 radical (unpaired) electrons. The van der Waals surface area contributed by atoms with Crippen molar-refractivity contribution in [1.82, 2.24) is 10.6 Å². The summed E-state index contributed by atoms with van der Waals surface area (Å²) in [6, 6.07) is 2.62. The second kappa shape index (κ2) is 8.49. The zero-order valence-electron chi connectivity index (χ0n) is 14.2. The van der Waals surface area contributed by atoms with Gasteiger partial charge in [-0.05, 0) is 72.5 Å². The minimum atomic E-state index is -0.444. The van der Waals surface area contributed by atoms with Gasteiger partial charge in [0.05, 0.1) is 3.79 Å². The van der Waals surface area contributed by atoms with E-state index >= 15 is 0 Å². The van der Waals surface area contributed by atoms with E-state index in [0.717, 1.165) is 13.0 Å². The van der Waals surface area contributed by atoms with E-state index < -0.39 is 5.60 Å². The highest BCUT2D eigenvalue weighted by Crippen LogP contribution is 2.25. The fourth-order valence-electron chi connectivity index (χ4n) is 2.94. The summed E-state index contributed by atoms with van der Waals surface area (Å²) in [7, 11) is 0. The Balaban J connectivity index is 1.79. The maximum Gasteiger partial charge on any atom is 0.407 e. The van der Waals surface area contributed by atoms with Crippen molar-refractivity contribution in [3.8, 4) is 0 Å². The third-order valence-corrected chi connectivity index (χ3v) is 5.56. The summed E-state index contributed by atoms with van der Waals surface area (Å²) in [6.07, 6.45) is 4.51. The normalized spacial score (nSPS) is 21.9. The van der Waals surface area contributed by atoms with E-state index in [1.807, 2.05) is 20.8 Å². The molecule has 2 atom stereocenters. The fraction of sp³-hybridized carbons (Fsp3) is 0.706. The fourth-order valence-corrected chi connectivity index (χ4v) is 4.15. The summed E-state index contributed by atoms with van der Waals surface area (Å²) in [5.41, 5.74) is 0.868. The van der Waals surface area contributed by atoms with Crippen LogP contribution in [0, 0.1) is 5.92 Å². The van der Waals surface area contributed by atoms with Crippen molar-refractivity contribution in [2.75, 3.05) is 6.54 Å². The SMILES string of the molecule is CC(C)(C)OC(=O)NCC1CCCCC1NCc1csc(Br)c1. The highest BCUT2D eigenvalue weighted by molar-refractivity contribution is 9.11. The van der Waals surface area contributed by atoms with Crippen LogP contribution in [0.1, 0.15) is 52.0 Å². The largest absolute Gasteiger partial charge is 0.444 e. The lowest BCUT2D eigenvalue weighted by atomic mass is 9.84. The molecule has 1 aliphatic rings. The standard InChI is InChI=1S/C17H27BrN2O2S/c1-17(2,3)22-16(21)20-10-13-6-4-5-7-14(13)19-9-12-8-15(18)23-11-12/h8,11,13-14,19H,4-7,9-10H2,1-3H3,(H,20,21). The van der Waals surface area contributed by atoms with Gasteiger partial charge in [0.15, 0.2) is 0 Å². The third-order valence-electron chi connectivity index (χ3n) is 4.01. The molecule has 4 nitrogen and oxygen atoms in total. The molecular formula is C17H27BrN2O2S. The van der Waals surface area contributed by atoms with E-state index in [4.69, 9.17) is 4.74 Å². The molecule has 130 valence electrons. The first-order chi connectivity index (χ1) is 10.8. The number of thiophene rings is 1. The molecule has 1 aliphatic carbocycles. The first-order valence-corrected chi connectivity index (χ1v) is 9.94. The number of alkyl carbamates (subject to hydrolysis) is 1. The maximum atomic E-state index is 11.8. The Hall–Kier alpha value is -0.590. The quantitative estimate of drug-likeness (QED) is 0.750. The molecule has 0 aliphatic heterocycles. The van der Waals surface area contributed by atoms with Gasteiger partial charge in [-0.25, -0.2) is 4.79 Å². The van der Waals surface area contributed by atoms with E-state index in [9.17, 15) is 4.79 Å². The lowest BCUT2D eigenvalue weighted by Gasteiger charge is -2.32. The monoisotopic (exact) mass is 402 g/mol. The van der Waals surface area contributed by atoms with Gasteiger partial charge in [-0.1, -0.05) is 12.8 Å². The van der Waals surface area contributed by atoms with Gasteiger partial charge >= 0.3 is 6.09 Å². The number of halogens is 1. The van der Waals surface area contributed by atoms with E-state index in [1.54, 1.807) is 11.3 Å². The van der Waals surface area contributed by atoms with Gasteiger partial charge < -0.3 is 15.4 Å². The summed E-state index contributed by atoms with van der Waals surface area (Å²) in [4.78, 5) is 11.8. The first kappa shape index (κ1) is 18.7. The molecule has 2 unspecified atom stereocenters. The molecule has 1 fully saturated rings. The smallest absolute Gasteiger partial charge is 0.407 e. The molecule has 2 N–H and O–H groups in total. The van der Waals surface area contributed by atoms with Gasteiger partial charge in [-0.15, -0.1) is 11.3 Å². The molecule has 6 heteroatoms. The molecule has 1 aromatic rings. The van der Waals surface area contributed by atoms with Crippen LogP contribution in [-0.4, -0.2) is 24.3 Å². The highest BCUT2D eigenvalue weighted by Gasteiger charge is 2.26. The Morgan fingerprint density at radius 2 is 2.13 bits per heavy atom. The van der Waals surface area contributed by atoms with Gasteiger partial charge in [0, 0.05) is 19.1 Å². The molecular weight excluding hydrogens is 376 g/mol. The maximum absolute atomic E-state index is 11.8. The zero-order valence-corrected chi connectivity index (χ0v) is 16.6. The van der Waals surface area contributed by atoms with Gasteiger partial charge in [-0.2, -0.15) is 0 Å². The molecule has 1 amide bonds. The van der Waals surface area contributed by atoms with Crippen LogP contribution in [0.3, 0.4) is 0 Å². The highest BCUT2D eigenvalue weighted by atomic mass is 79.9. The van der Waals surface area contributed by atoms with Crippen LogP contribution in [0.4, 0.5) is 4.79 Å². The lowest BCUT2D eigenvalue weighted by Crippen LogP contribution is -2.44. The summed E-state index contributed by atoms with van der Waals surface area (Å²) in [5, 5.41) is 8.78. The Labute approximate surface area is 151 Å². The van der Waals surface area contributed by atoms with Crippen LogP contribution in [0.2, 0.25) is 0 Å².